The molecule has 0 bridgehead atoms. The second-order valence-corrected chi connectivity index (χ2v) is 9.60. The maximum Gasteiger partial charge on any atom is 0.266 e. The van der Waals surface area contributed by atoms with Crippen molar-refractivity contribution in [1.29, 1.82) is 0 Å². The van der Waals surface area contributed by atoms with E-state index in [1.165, 1.54) is 12.1 Å². The Bertz CT molecular complexity index is 1330. The number of nitrogens with one attached hydrogen (secondary N) is 2. The van der Waals surface area contributed by atoms with Gasteiger partial charge in [-0.3, -0.25) is 4.79 Å². The van der Waals surface area contributed by atoms with Gasteiger partial charge in [0.05, 0.1) is 43.2 Å². The van der Waals surface area contributed by atoms with Gasteiger partial charge in [0.25, 0.3) is 6.43 Å². The lowest BCUT2D eigenvalue weighted by molar-refractivity contribution is -0.140. The van der Waals surface area contributed by atoms with Crippen molar-refractivity contribution >= 4 is 22.8 Å². The van der Waals surface area contributed by atoms with Gasteiger partial charge in [-0.1, -0.05) is 18.2 Å². The summed E-state index contributed by atoms with van der Waals surface area (Å²) in [5.74, 6) is 0.428. The summed E-state index contributed by atoms with van der Waals surface area (Å²) in [7, 11) is 1.54. The fraction of sp³-hybridized carbons (Fsp3) is 0.462. The van der Waals surface area contributed by atoms with Gasteiger partial charge in [0.2, 0.25) is 11.8 Å². The van der Waals surface area contributed by atoms with Gasteiger partial charge in [-0.2, -0.15) is 4.98 Å². The van der Waals surface area contributed by atoms with Crippen LogP contribution in [0, 0.1) is 18.7 Å². The fourth-order valence-electron chi connectivity index (χ4n) is 4.78. The first kappa shape index (κ1) is 25.2. The molecule has 11 heteroatoms. The van der Waals surface area contributed by atoms with Crippen LogP contribution in [0.2, 0.25) is 0 Å². The van der Waals surface area contributed by atoms with Crippen LogP contribution in [0.3, 0.4) is 0 Å². The van der Waals surface area contributed by atoms with E-state index >= 15 is 0 Å². The molecule has 1 saturated carbocycles. The number of ether oxygens (including phenoxy) is 2. The smallest absolute Gasteiger partial charge is 0.266 e. The van der Waals surface area contributed by atoms with Gasteiger partial charge in [0.15, 0.2) is 5.65 Å². The molecule has 8 nitrogen and oxygen atoms in total. The van der Waals surface area contributed by atoms with E-state index in [1.807, 2.05) is 6.07 Å². The van der Waals surface area contributed by atoms with Crippen LogP contribution in [0.25, 0.3) is 11.0 Å². The molecule has 0 radical (unpaired) electrons. The number of benzene rings is 1. The molecule has 1 aromatic carbocycles. The van der Waals surface area contributed by atoms with Crippen LogP contribution in [-0.4, -0.2) is 47.2 Å². The number of hydrogen-bond donors (Lipinski definition) is 2. The first-order valence-electron chi connectivity index (χ1n) is 12.2. The third-order valence-corrected chi connectivity index (χ3v) is 7.03. The molecule has 2 aliphatic rings. The topological polar surface area (TPSA) is 98.3 Å². The van der Waals surface area contributed by atoms with Crippen LogP contribution < -0.4 is 15.4 Å². The van der Waals surface area contributed by atoms with E-state index in [4.69, 9.17) is 9.47 Å². The molecular weight excluding hydrogens is 487 g/mol. The maximum absolute atomic E-state index is 14.8. The maximum atomic E-state index is 14.8. The van der Waals surface area contributed by atoms with Gasteiger partial charge in [0.1, 0.15) is 17.5 Å². The van der Waals surface area contributed by atoms with E-state index in [0.717, 1.165) is 24.5 Å². The first-order chi connectivity index (χ1) is 17.7. The van der Waals surface area contributed by atoms with Crippen molar-refractivity contribution in [2.45, 2.75) is 51.1 Å². The number of anilines is 1. The van der Waals surface area contributed by atoms with E-state index < -0.39 is 23.8 Å². The lowest BCUT2D eigenvalue weighted by Gasteiger charge is -2.38. The van der Waals surface area contributed by atoms with Gasteiger partial charge in [-0.15, -0.1) is 0 Å². The lowest BCUT2D eigenvalue weighted by atomic mass is 9.75. The first-order valence-corrected chi connectivity index (χ1v) is 12.2. The van der Waals surface area contributed by atoms with Gasteiger partial charge in [-0.25, -0.2) is 23.1 Å². The summed E-state index contributed by atoms with van der Waals surface area (Å²) in [6.07, 6.45) is -1.44. The normalized spacial score (nSPS) is 20.3. The molecule has 0 spiro atoms. The SMILES string of the molecule is COc1nc2nc(C)nc(N[C@@H](C)c3cccc(C(F)F)c3F)c2cc1C1CC(NC(=O)C2COC2)C1. The second-order valence-electron chi connectivity index (χ2n) is 9.60. The van der Waals surface area contributed by atoms with Crippen molar-refractivity contribution in [3.05, 3.63) is 52.6 Å². The lowest BCUT2D eigenvalue weighted by Crippen LogP contribution is -2.50. The van der Waals surface area contributed by atoms with Gasteiger partial charge < -0.3 is 20.1 Å². The van der Waals surface area contributed by atoms with Crippen molar-refractivity contribution in [3.8, 4) is 5.88 Å². The molecule has 196 valence electrons. The van der Waals surface area contributed by atoms with E-state index in [1.54, 1.807) is 21.0 Å². The molecule has 1 atom stereocenters. The fourth-order valence-corrected chi connectivity index (χ4v) is 4.78. The molecule has 0 unspecified atom stereocenters. The molecule has 1 aliphatic carbocycles. The van der Waals surface area contributed by atoms with Crippen LogP contribution in [0.15, 0.2) is 24.3 Å². The second kappa shape index (κ2) is 10.1. The van der Waals surface area contributed by atoms with Crippen molar-refractivity contribution < 1.29 is 27.4 Å². The number of methoxy groups -OCH3 is 1. The number of carbonyl (C=O) groups excluding carboxylic acids is 1. The Morgan fingerprint density at radius 1 is 1.16 bits per heavy atom. The number of halogens is 3. The van der Waals surface area contributed by atoms with E-state index in [0.29, 0.717) is 41.8 Å². The third-order valence-electron chi connectivity index (χ3n) is 7.03. The Morgan fingerprint density at radius 2 is 1.89 bits per heavy atom. The largest absolute Gasteiger partial charge is 0.481 e. The third kappa shape index (κ3) is 4.92. The number of hydrogen-bond acceptors (Lipinski definition) is 7. The summed E-state index contributed by atoms with van der Waals surface area (Å²) < 4.78 is 51.9. The summed E-state index contributed by atoms with van der Waals surface area (Å²) in [4.78, 5) is 25.8. The van der Waals surface area contributed by atoms with Crippen LogP contribution in [-0.2, 0) is 9.53 Å². The van der Waals surface area contributed by atoms with Crippen LogP contribution in [0.4, 0.5) is 19.0 Å². The molecule has 2 fully saturated rings. The van der Waals surface area contributed by atoms with E-state index in [2.05, 4.69) is 25.6 Å². The van der Waals surface area contributed by atoms with Crippen LogP contribution in [0.5, 0.6) is 5.88 Å². The zero-order chi connectivity index (χ0) is 26.3. The van der Waals surface area contributed by atoms with Crippen molar-refractivity contribution in [2.75, 3.05) is 25.6 Å². The number of aromatic nitrogens is 3. The highest BCUT2D eigenvalue weighted by molar-refractivity contribution is 5.88. The number of carbonyl (C=O) groups is 1. The zero-order valence-electron chi connectivity index (χ0n) is 20.7. The molecule has 3 aromatic rings. The van der Waals surface area contributed by atoms with E-state index in [-0.39, 0.29) is 29.3 Å². The Labute approximate surface area is 212 Å². The summed E-state index contributed by atoms with van der Waals surface area (Å²) in [6.45, 7) is 4.32. The van der Waals surface area contributed by atoms with Gasteiger partial charge >= 0.3 is 0 Å². The molecule has 2 aromatic heterocycles. The number of alkyl halides is 2. The molecule has 3 heterocycles. The number of aryl methyl sites for hydroxylation is 1. The standard InChI is InChI=1S/C26H28F3N5O3/c1-12(17-5-4-6-18(21(17)27)22(28)29)30-23-20-9-19(26(36-3)34-24(20)32-13(2)31-23)14-7-16(8-14)33-25(35)15-10-37-11-15/h4-6,9,12,14-16,22H,7-8,10-11H2,1-3H3,(H,33,35)(H,30,31,32,34)/t12-,14?,16?/m0/s1. The summed E-state index contributed by atoms with van der Waals surface area (Å²) in [5.41, 5.74) is 0.735. The highest BCUT2D eigenvalue weighted by Crippen LogP contribution is 2.42. The molecule has 2 N–H and O–H groups in total. The monoisotopic (exact) mass is 515 g/mol. The number of fused-ring (bicyclic) bond motifs is 1. The molecule has 37 heavy (non-hydrogen) atoms. The number of rotatable bonds is 8. The minimum Gasteiger partial charge on any atom is -0.481 e. The average Bonchev–Trinajstić information content (AvgIpc) is 2.79. The van der Waals surface area contributed by atoms with Crippen LogP contribution in [0.1, 0.15) is 60.7 Å². The molecule has 1 saturated heterocycles. The van der Waals surface area contributed by atoms with Crippen LogP contribution >= 0.6 is 0 Å². The summed E-state index contributed by atoms with van der Waals surface area (Å²) in [5, 5.41) is 6.84. The Hall–Kier alpha value is -3.47. The van der Waals surface area contributed by atoms with Gasteiger partial charge in [-0.05, 0) is 38.7 Å². The van der Waals surface area contributed by atoms with Crippen molar-refractivity contribution in [3.63, 3.8) is 0 Å². The Morgan fingerprint density at radius 3 is 2.54 bits per heavy atom. The minimum absolute atomic E-state index is 0.0193. The highest BCUT2D eigenvalue weighted by Gasteiger charge is 2.36. The zero-order valence-corrected chi connectivity index (χ0v) is 20.7. The quantitative estimate of drug-likeness (QED) is 0.453. The predicted octanol–water partition coefficient (Wildman–Crippen LogP) is 4.60. The Kier molecular flexibility index (Phi) is 6.89. The highest BCUT2D eigenvalue weighted by atomic mass is 19.3. The number of amides is 1. The molecule has 1 amide bonds. The molecule has 5 rings (SSSR count). The summed E-state index contributed by atoms with van der Waals surface area (Å²) >= 11 is 0. The molecule has 1 aliphatic heterocycles. The number of nitrogens with zero attached hydrogens (tertiary/aromatic N) is 3. The Balaban J connectivity index is 1.41. The number of pyridine rings is 1. The van der Waals surface area contributed by atoms with E-state index in [9.17, 15) is 18.0 Å². The van der Waals surface area contributed by atoms with Crippen molar-refractivity contribution in [2.24, 2.45) is 5.92 Å². The minimum atomic E-state index is -2.91. The van der Waals surface area contributed by atoms with Crippen molar-refractivity contribution in [1.82, 2.24) is 20.3 Å². The molecular formula is C26H28F3N5O3. The predicted molar refractivity (Wildman–Crippen MR) is 130 cm³/mol. The average molecular weight is 516 g/mol. The summed E-state index contributed by atoms with van der Waals surface area (Å²) in [6, 6.07) is 5.29. The van der Waals surface area contributed by atoms with Gasteiger partial charge in [0, 0.05) is 17.2 Å².